The zero-order chi connectivity index (χ0) is 15.2. The van der Waals surface area contributed by atoms with Crippen LogP contribution in [0.1, 0.15) is 37.7 Å². The largest absolute Gasteiger partial charge is 0.353 e. The van der Waals surface area contributed by atoms with Gasteiger partial charge in [-0.1, -0.05) is 42.5 Å². The van der Waals surface area contributed by atoms with Gasteiger partial charge in [-0.2, -0.15) is 0 Å². The molecule has 1 heterocycles. The molecular formula is C19H26N2O. The summed E-state index contributed by atoms with van der Waals surface area (Å²) in [5.41, 5.74) is 1.37. The van der Waals surface area contributed by atoms with Gasteiger partial charge >= 0.3 is 0 Å². The topological polar surface area (TPSA) is 32.3 Å². The van der Waals surface area contributed by atoms with Gasteiger partial charge in [0.1, 0.15) is 0 Å². The van der Waals surface area contributed by atoms with Crippen molar-refractivity contribution in [2.75, 3.05) is 13.1 Å². The molecule has 1 amide bonds. The number of hydrogen-bond donors (Lipinski definition) is 1. The fourth-order valence-corrected chi connectivity index (χ4v) is 3.43. The van der Waals surface area contributed by atoms with E-state index in [0.717, 1.165) is 51.7 Å². The Hall–Kier alpha value is -1.61. The lowest BCUT2D eigenvalue weighted by Crippen LogP contribution is -2.46. The highest BCUT2D eigenvalue weighted by atomic mass is 16.1. The summed E-state index contributed by atoms with van der Waals surface area (Å²) in [6.45, 7) is 3.17. The molecule has 3 rings (SSSR count). The minimum Gasteiger partial charge on any atom is -0.353 e. The molecule has 1 saturated heterocycles. The first-order valence-corrected chi connectivity index (χ1v) is 8.53. The van der Waals surface area contributed by atoms with Gasteiger partial charge in [0.05, 0.1) is 0 Å². The molecule has 1 aliphatic carbocycles. The number of carbonyl (C=O) groups is 1. The van der Waals surface area contributed by atoms with E-state index >= 15 is 0 Å². The molecular weight excluding hydrogens is 272 g/mol. The first-order valence-electron chi connectivity index (χ1n) is 8.53. The Kier molecular flexibility index (Phi) is 5.28. The van der Waals surface area contributed by atoms with E-state index in [4.69, 9.17) is 0 Å². The molecule has 1 atom stereocenters. The molecule has 1 fully saturated rings. The molecule has 3 nitrogen and oxygen atoms in total. The van der Waals surface area contributed by atoms with Crippen molar-refractivity contribution < 1.29 is 4.79 Å². The highest BCUT2D eigenvalue weighted by Gasteiger charge is 2.24. The first kappa shape index (κ1) is 15.3. The average Bonchev–Trinajstić information content (AvgIpc) is 2.58. The molecule has 1 aliphatic heterocycles. The third-order valence-electron chi connectivity index (χ3n) is 4.82. The van der Waals surface area contributed by atoms with Crippen molar-refractivity contribution in [2.24, 2.45) is 5.92 Å². The van der Waals surface area contributed by atoms with Gasteiger partial charge in [0.25, 0.3) is 0 Å². The Morgan fingerprint density at radius 1 is 1.09 bits per heavy atom. The van der Waals surface area contributed by atoms with Crippen LogP contribution in [0, 0.1) is 5.92 Å². The monoisotopic (exact) mass is 298 g/mol. The molecule has 3 heteroatoms. The van der Waals surface area contributed by atoms with E-state index in [1.54, 1.807) is 0 Å². The molecule has 2 aliphatic rings. The quantitative estimate of drug-likeness (QED) is 0.866. The van der Waals surface area contributed by atoms with Crippen LogP contribution in [-0.4, -0.2) is 29.9 Å². The number of piperidine rings is 1. The predicted molar refractivity (Wildman–Crippen MR) is 89.4 cm³/mol. The van der Waals surface area contributed by atoms with Gasteiger partial charge in [-0.25, -0.2) is 0 Å². The third-order valence-corrected chi connectivity index (χ3v) is 4.82. The Bertz CT molecular complexity index is 503. The molecule has 0 bridgehead atoms. The molecule has 0 aromatic heterocycles. The van der Waals surface area contributed by atoms with E-state index < -0.39 is 0 Å². The summed E-state index contributed by atoms with van der Waals surface area (Å²) in [5, 5.41) is 3.27. The highest BCUT2D eigenvalue weighted by Crippen LogP contribution is 2.20. The average molecular weight is 298 g/mol. The van der Waals surface area contributed by atoms with Crippen LogP contribution in [-0.2, 0) is 11.3 Å². The van der Waals surface area contributed by atoms with Crippen LogP contribution in [0.3, 0.4) is 0 Å². The van der Waals surface area contributed by atoms with Gasteiger partial charge in [-0.3, -0.25) is 9.69 Å². The molecule has 22 heavy (non-hydrogen) atoms. The Balaban J connectivity index is 1.42. The Morgan fingerprint density at radius 2 is 1.86 bits per heavy atom. The van der Waals surface area contributed by atoms with Crippen LogP contribution in [0.15, 0.2) is 42.5 Å². The summed E-state index contributed by atoms with van der Waals surface area (Å²) in [5.74, 6) is 0.471. The summed E-state index contributed by atoms with van der Waals surface area (Å²) >= 11 is 0. The number of amides is 1. The van der Waals surface area contributed by atoms with Gasteiger partial charge in [0.2, 0.25) is 5.91 Å². The van der Waals surface area contributed by atoms with Crippen molar-refractivity contribution in [1.82, 2.24) is 10.2 Å². The summed E-state index contributed by atoms with van der Waals surface area (Å²) in [7, 11) is 0. The van der Waals surface area contributed by atoms with Gasteiger partial charge in [-0.05, 0) is 37.7 Å². The highest BCUT2D eigenvalue weighted by molar-refractivity contribution is 5.79. The zero-order valence-electron chi connectivity index (χ0n) is 13.2. The fourth-order valence-electron chi connectivity index (χ4n) is 3.43. The maximum atomic E-state index is 12.3. The summed E-state index contributed by atoms with van der Waals surface area (Å²) in [4.78, 5) is 14.8. The number of rotatable bonds is 4. The summed E-state index contributed by atoms with van der Waals surface area (Å²) in [6.07, 6.45) is 9.45. The number of allylic oxidation sites excluding steroid dienone is 2. The lowest BCUT2D eigenvalue weighted by Gasteiger charge is -2.33. The molecule has 0 unspecified atom stereocenters. The van der Waals surface area contributed by atoms with Crippen molar-refractivity contribution in [3.63, 3.8) is 0 Å². The number of carbonyl (C=O) groups excluding carboxylic acids is 1. The van der Waals surface area contributed by atoms with Crippen LogP contribution < -0.4 is 5.32 Å². The van der Waals surface area contributed by atoms with Crippen LogP contribution in [0.2, 0.25) is 0 Å². The van der Waals surface area contributed by atoms with Crippen molar-refractivity contribution >= 4 is 5.91 Å². The van der Waals surface area contributed by atoms with Gasteiger partial charge in [0, 0.05) is 31.6 Å². The fraction of sp³-hybridized carbons (Fsp3) is 0.526. The van der Waals surface area contributed by atoms with E-state index in [0.29, 0.717) is 6.04 Å². The van der Waals surface area contributed by atoms with E-state index in [9.17, 15) is 4.79 Å². The van der Waals surface area contributed by atoms with E-state index in [2.05, 4.69) is 52.7 Å². The van der Waals surface area contributed by atoms with Crippen molar-refractivity contribution in [3.05, 3.63) is 48.0 Å². The Labute approximate surface area is 133 Å². The molecule has 0 spiro atoms. The maximum Gasteiger partial charge on any atom is 0.223 e. The SMILES string of the molecule is O=C(NC1CCN(Cc2ccccc2)CC1)[C@@H]1CC=CCC1. The summed E-state index contributed by atoms with van der Waals surface area (Å²) in [6, 6.07) is 11.0. The second kappa shape index (κ2) is 7.59. The minimum atomic E-state index is 0.201. The van der Waals surface area contributed by atoms with Gasteiger partial charge < -0.3 is 5.32 Å². The van der Waals surface area contributed by atoms with Crippen molar-refractivity contribution in [2.45, 2.75) is 44.7 Å². The molecule has 0 saturated carbocycles. The van der Waals surface area contributed by atoms with E-state index in [1.807, 2.05) is 0 Å². The van der Waals surface area contributed by atoms with E-state index in [-0.39, 0.29) is 11.8 Å². The minimum absolute atomic E-state index is 0.201. The number of benzene rings is 1. The van der Waals surface area contributed by atoms with Crippen LogP contribution in [0.5, 0.6) is 0 Å². The lowest BCUT2D eigenvalue weighted by atomic mass is 9.93. The molecule has 1 N–H and O–H groups in total. The van der Waals surface area contributed by atoms with Gasteiger partial charge in [-0.15, -0.1) is 0 Å². The second-order valence-electron chi connectivity index (χ2n) is 6.53. The van der Waals surface area contributed by atoms with Crippen LogP contribution >= 0.6 is 0 Å². The molecule has 0 radical (unpaired) electrons. The standard InChI is InChI=1S/C19H26N2O/c22-19(17-9-5-2-6-10-17)20-18-11-13-21(14-12-18)15-16-7-3-1-4-8-16/h1-5,7-8,17-18H,6,9-15H2,(H,20,22)/t17-/m1/s1. The van der Waals surface area contributed by atoms with Gasteiger partial charge in [0.15, 0.2) is 0 Å². The van der Waals surface area contributed by atoms with E-state index in [1.165, 1.54) is 5.56 Å². The number of likely N-dealkylation sites (tertiary alicyclic amines) is 1. The van der Waals surface area contributed by atoms with Crippen LogP contribution in [0.25, 0.3) is 0 Å². The Morgan fingerprint density at radius 3 is 2.55 bits per heavy atom. The molecule has 118 valence electrons. The normalized spacial score (nSPS) is 23.4. The predicted octanol–water partition coefficient (Wildman–Crippen LogP) is 3.12. The zero-order valence-corrected chi connectivity index (χ0v) is 13.2. The molecule has 1 aromatic rings. The molecule has 1 aromatic carbocycles. The number of nitrogens with one attached hydrogen (secondary N) is 1. The van der Waals surface area contributed by atoms with Crippen molar-refractivity contribution in [3.8, 4) is 0 Å². The number of hydrogen-bond acceptors (Lipinski definition) is 2. The first-order chi connectivity index (χ1) is 10.8. The number of nitrogens with zero attached hydrogens (tertiary/aromatic N) is 1. The van der Waals surface area contributed by atoms with Crippen LogP contribution in [0.4, 0.5) is 0 Å². The smallest absolute Gasteiger partial charge is 0.223 e. The lowest BCUT2D eigenvalue weighted by molar-refractivity contribution is -0.126. The third kappa shape index (κ3) is 4.20. The maximum absolute atomic E-state index is 12.3. The summed E-state index contributed by atoms with van der Waals surface area (Å²) < 4.78 is 0. The van der Waals surface area contributed by atoms with Crippen molar-refractivity contribution in [1.29, 1.82) is 0 Å². The second-order valence-corrected chi connectivity index (χ2v) is 6.53.